The highest BCUT2D eigenvalue weighted by Gasteiger charge is 2.40. The van der Waals surface area contributed by atoms with Gasteiger partial charge in [-0.05, 0) is 17.9 Å². The first-order valence-electron chi connectivity index (χ1n) is 9.68. The Labute approximate surface area is 166 Å². The van der Waals surface area contributed by atoms with E-state index >= 15 is 0 Å². The molecule has 3 fully saturated rings. The van der Waals surface area contributed by atoms with Gasteiger partial charge in [0.05, 0.1) is 13.2 Å². The summed E-state index contributed by atoms with van der Waals surface area (Å²) in [7, 11) is 0. The van der Waals surface area contributed by atoms with E-state index in [2.05, 4.69) is 9.64 Å². The molecule has 160 valence electrons. The van der Waals surface area contributed by atoms with Crippen molar-refractivity contribution in [2.24, 2.45) is 11.8 Å². The van der Waals surface area contributed by atoms with Crippen LogP contribution >= 0.6 is 0 Å². The van der Waals surface area contributed by atoms with Crippen molar-refractivity contribution in [3.05, 3.63) is 23.8 Å². The number of fused-ring (bicyclic) bond motifs is 1. The molecule has 0 spiro atoms. The highest BCUT2D eigenvalue weighted by Crippen LogP contribution is 2.35. The van der Waals surface area contributed by atoms with E-state index in [9.17, 15) is 23.1 Å². The zero-order valence-electron chi connectivity index (χ0n) is 15.9. The first kappa shape index (κ1) is 20.1. The van der Waals surface area contributed by atoms with Crippen molar-refractivity contribution in [3.63, 3.8) is 0 Å². The third-order valence-electron chi connectivity index (χ3n) is 5.87. The Hall–Kier alpha value is -2.20. The number of nitrogens with zero attached hydrogens (tertiary/aromatic N) is 3. The van der Waals surface area contributed by atoms with E-state index in [0.29, 0.717) is 70.3 Å². The molecule has 2 atom stereocenters. The van der Waals surface area contributed by atoms with Crippen LogP contribution in [-0.4, -0.2) is 74.7 Å². The fraction of sp³-hybridized carbons (Fsp3) is 0.632. The summed E-state index contributed by atoms with van der Waals surface area (Å²) in [4.78, 5) is 16.4. The van der Waals surface area contributed by atoms with Crippen LogP contribution in [0.2, 0.25) is 0 Å². The summed E-state index contributed by atoms with van der Waals surface area (Å²) in [6.07, 6.45) is -5.93. The van der Waals surface area contributed by atoms with Crippen molar-refractivity contribution >= 4 is 11.8 Å². The zero-order valence-corrected chi connectivity index (χ0v) is 15.9. The molecule has 0 radical (unpaired) electrons. The quantitative estimate of drug-likeness (QED) is 0.736. The standard InChI is InChI=1S/C19H24F3N3O4/c20-19(21,22)29-17-7-16(24-3-5-28-6-4-24)2-1-13(17)8-23-9-14-11-25(18(26)27)12-15(14)10-23/h1-2,7,14-15H,3-6,8-12H2,(H,26,27)/p-1. The molecule has 3 aliphatic heterocycles. The van der Waals surface area contributed by atoms with Gasteiger partial charge in [-0.25, -0.2) is 0 Å². The van der Waals surface area contributed by atoms with Gasteiger partial charge in [0.2, 0.25) is 0 Å². The van der Waals surface area contributed by atoms with Crippen LogP contribution in [0.15, 0.2) is 18.2 Å². The van der Waals surface area contributed by atoms with Crippen LogP contribution in [0.1, 0.15) is 5.56 Å². The van der Waals surface area contributed by atoms with Crippen molar-refractivity contribution in [1.82, 2.24) is 9.80 Å². The Morgan fingerprint density at radius 3 is 2.38 bits per heavy atom. The average molecular weight is 414 g/mol. The van der Waals surface area contributed by atoms with Gasteiger partial charge in [0, 0.05) is 63.1 Å². The molecule has 0 N–H and O–H groups in total. The maximum atomic E-state index is 13.0. The molecule has 3 aliphatic rings. The van der Waals surface area contributed by atoms with Gasteiger partial charge in [0.25, 0.3) is 0 Å². The fourth-order valence-electron chi connectivity index (χ4n) is 4.52. The number of carbonyl (C=O) groups is 1. The van der Waals surface area contributed by atoms with Crippen molar-refractivity contribution in [3.8, 4) is 5.75 Å². The van der Waals surface area contributed by atoms with Gasteiger partial charge in [-0.3, -0.25) is 4.90 Å². The van der Waals surface area contributed by atoms with E-state index in [0.717, 1.165) is 0 Å². The van der Waals surface area contributed by atoms with Crippen molar-refractivity contribution in [2.75, 3.05) is 57.4 Å². The van der Waals surface area contributed by atoms with Gasteiger partial charge in [0.15, 0.2) is 0 Å². The number of morpholine rings is 1. The zero-order chi connectivity index (χ0) is 20.6. The minimum absolute atomic E-state index is 0.185. The number of hydrogen-bond acceptors (Lipinski definition) is 6. The molecule has 29 heavy (non-hydrogen) atoms. The molecule has 1 aromatic carbocycles. The van der Waals surface area contributed by atoms with Crippen LogP contribution in [0.5, 0.6) is 5.75 Å². The van der Waals surface area contributed by atoms with Crippen molar-refractivity contribution < 1.29 is 32.5 Å². The number of benzene rings is 1. The summed E-state index contributed by atoms with van der Waals surface area (Å²) < 4.78 is 48.6. The number of rotatable bonds is 4. The van der Waals surface area contributed by atoms with Gasteiger partial charge in [-0.2, -0.15) is 0 Å². The number of halogens is 3. The van der Waals surface area contributed by atoms with E-state index in [1.807, 2.05) is 11.0 Å². The molecule has 0 bridgehead atoms. The summed E-state index contributed by atoms with van der Waals surface area (Å²) in [5.41, 5.74) is 1.15. The van der Waals surface area contributed by atoms with E-state index in [4.69, 9.17) is 4.74 Å². The van der Waals surface area contributed by atoms with Gasteiger partial charge < -0.3 is 29.2 Å². The molecular weight excluding hydrogens is 391 g/mol. The number of anilines is 1. The van der Waals surface area contributed by atoms with Crippen molar-refractivity contribution in [2.45, 2.75) is 12.9 Å². The van der Waals surface area contributed by atoms with Crippen molar-refractivity contribution in [1.29, 1.82) is 0 Å². The van der Waals surface area contributed by atoms with E-state index in [1.165, 1.54) is 11.0 Å². The van der Waals surface area contributed by atoms with Crippen LogP contribution in [0.25, 0.3) is 0 Å². The number of alkyl halides is 3. The predicted octanol–water partition coefficient (Wildman–Crippen LogP) is 1.13. The Balaban J connectivity index is 1.47. The lowest BCUT2D eigenvalue weighted by Crippen LogP contribution is -2.41. The van der Waals surface area contributed by atoms with E-state index in [-0.39, 0.29) is 17.6 Å². The molecule has 0 saturated carbocycles. The minimum Gasteiger partial charge on any atom is -0.530 e. The fourth-order valence-corrected chi connectivity index (χ4v) is 4.52. The normalized spacial score (nSPS) is 25.3. The summed E-state index contributed by atoms with van der Waals surface area (Å²) in [5, 5.41) is 11.0. The average Bonchev–Trinajstić information content (AvgIpc) is 3.21. The smallest absolute Gasteiger partial charge is 0.530 e. The molecule has 3 saturated heterocycles. The number of carbonyl (C=O) groups excluding carboxylic acids is 1. The van der Waals surface area contributed by atoms with Gasteiger partial charge in [0.1, 0.15) is 11.8 Å². The molecule has 10 heteroatoms. The number of hydrogen-bond donors (Lipinski definition) is 0. The predicted molar refractivity (Wildman–Crippen MR) is 95.4 cm³/mol. The molecule has 7 nitrogen and oxygen atoms in total. The summed E-state index contributed by atoms with van der Waals surface area (Å²) in [6, 6.07) is 4.95. The molecular formula is C19H23F3N3O4-. The molecule has 2 unspecified atom stereocenters. The summed E-state index contributed by atoms with van der Waals surface area (Å²) in [5.74, 6) is 0.190. The molecule has 0 aromatic heterocycles. The third kappa shape index (κ3) is 4.69. The maximum absolute atomic E-state index is 13.0. The van der Waals surface area contributed by atoms with Gasteiger partial charge in [-0.15, -0.1) is 13.2 Å². The van der Waals surface area contributed by atoms with E-state index in [1.54, 1.807) is 6.07 Å². The minimum atomic E-state index is -4.77. The highest BCUT2D eigenvalue weighted by molar-refractivity contribution is 5.63. The number of likely N-dealkylation sites (tertiary alicyclic amines) is 2. The van der Waals surface area contributed by atoms with Crippen LogP contribution in [-0.2, 0) is 11.3 Å². The van der Waals surface area contributed by atoms with Crippen LogP contribution in [0.4, 0.5) is 23.7 Å². The Kier molecular flexibility index (Phi) is 5.48. The molecule has 3 heterocycles. The maximum Gasteiger partial charge on any atom is 0.573 e. The second-order valence-corrected chi connectivity index (χ2v) is 7.82. The lowest BCUT2D eigenvalue weighted by molar-refractivity contribution is -0.275. The molecule has 4 rings (SSSR count). The molecule has 1 aromatic rings. The monoisotopic (exact) mass is 414 g/mol. The number of amides is 1. The van der Waals surface area contributed by atoms with Gasteiger partial charge >= 0.3 is 6.36 Å². The summed E-state index contributed by atoms with van der Waals surface area (Å²) >= 11 is 0. The molecule has 1 amide bonds. The first-order chi connectivity index (χ1) is 13.8. The van der Waals surface area contributed by atoms with Crippen LogP contribution in [0.3, 0.4) is 0 Å². The topological polar surface area (TPSA) is 68.3 Å². The third-order valence-corrected chi connectivity index (χ3v) is 5.87. The Morgan fingerprint density at radius 2 is 1.79 bits per heavy atom. The lowest BCUT2D eigenvalue weighted by Gasteiger charge is -2.30. The van der Waals surface area contributed by atoms with Crippen LogP contribution in [0, 0.1) is 11.8 Å². The SMILES string of the molecule is O=C([O-])N1CC2CN(Cc3ccc(N4CCOCC4)cc3OC(F)(F)F)CC2C1. The number of carboxylic acid groups (broad SMARTS) is 1. The second kappa shape index (κ2) is 7.91. The largest absolute Gasteiger partial charge is 0.573 e. The first-order valence-corrected chi connectivity index (χ1v) is 9.68. The summed E-state index contributed by atoms with van der Waals surface area (Å²) in [6.45, 7) is 4.78. The lowest BCUT2D eigenvalue weighted by atomic mass is 10.0. The second-order valence-electron chi connectivity index (χ2n) is 7.82. The Morgan fingerprint density at radius 1 is 1.14 bits per heavy atom. The highest BCUT2D eigenvalue weighted by atomic mass is 19.4. The molecule has 0 aliphatic carbocycles. The number of ether oxygens (including phenoxy) is 2. The van der Waals surface area contributed by atoms with Gasteiger partial charge in [-0.1, -0.05) is 6.07 Å². The Bertz CT molecular complexity index is 741. The van der Waals surface area contributed by atoms with E-state index < -0.39 is 12.5 Å². The van der Waals surface area contributed by atoms with Crippen LogP contribution < -0.4 is 14.7 Å².